The van der Waals surface area contributed by atoms with Gasteiger partial charge in [-0.15, -0.1) is 6.58 Å². The number of aliphatic carboxylic acids is 1. The van der Waals surface area contributed by atoms with Gasteiger partial charge in [0.2, 0.25) is 0 Å². The van der Waals surface area contributed by atoms with Crippen molar-refractivity contribution >= 4 is 5.97 Å². The summed E-state index contributed by atoms with van der Waals surface area (Å²) in [6.45, 7) is 7.69. The number of carbonyl (C=O) groups is 1. The summed E-state index contributed by atoms with van der Waals surface area (Å²) in [6.07, 6.45) is 2.55. The lowest BCUT2D eigenvalue weighted by Crippen LogP contribution is -2.33. The molecule has 0 aromatic heterocycles. The van der Waals surface area contributed by atoms with Crippen LogP contribution in [0.2, 0.25) is 0 Å². The third kappa shape index (κ3) is 5.92. The fourth-order valence-electron chi connectivity index (χ4n) is 0.976. The van der Waals surface area contributed by atoms with E-state index in [1.54, 1.807) is 6.08 Å². The van der Waals surface area contributed by atoms with E-state index in [0.29, 0.717) is 12.5 Å². The van der Waals surface area contributed by atoms with Gasteiger partial charge in [-0.25, -0.2) is 0 Å². The number of carboxylic acids is 1. The first-order chi connectivity index (χ1) is 5.56. The summed E-state index contributed by atoms with van der Waals surface area (Å²) in [5.41, 5.74) is 0. The molecule has 0 bridgehead atoms. The van der Waals surface area contributed by atoms with Gasteiger partial charge in [-0.3, -0.25) is 4.79 Å². The number of nitrogens with one attached hydrogen (secondary N) is 1. The molecule has 0 saturated heterocycles. The molecule has 0 unspecified atom stereocenters. The smallest absolute Gasteiger partial charge is 0.303 e. The second-order valence-electron chi connectivity index (χ2n) is 3.10. The van der Waals surface area contributed by atoms with E-state index in [0.717, 1.165) is 0 Å². The van der Waals surface area contributed by atoms with Crippen molar-refractivity contribution in [2.75, 3.05) is 0 Å². The Bertz CT molecular complexity index is 155. The summed E-state index contributed by atoms with van der Waals surface area (Å²) in [5.74, 6) is -0.757. The van der Waals surface area contributed by atoms with Gasteiger partial charge < -0.3 is 10.4 Å². The third-order valence-electron chi connectivity index (χ3n) is 1.50. The molecule has 0 radical (unpaired) electrons. The fraction of sp³-hybridized carbons (Fsp3) is 0.667. The quantitative estimate of drug-likeness (QED) is 0.594. The van der Waals surface area contributed by atoms with Crippen LogP contribution in [0.15, 0.2) is 12.7 Å². The second-order valence-corrected chi connectivity index (χ2v) is 3.10. The van der Waals surface area contributed by atoms with Crippen LogP contribution in [-0.4, -0.2) is 23.2 Å². The predicted octanol–water partition coefficient (Wildman–Crippen LogP) is 1.40. The van der Waals surface area contributed by atoms with Gasteiger partial charge in [0.25, 0.3) is 0 Å². The highest BCUT2D eigenvalue weighted by Gasteiger charge is 2.07. The van der Waals surface area contributed by atoms with Gasteiger partial charge in [0, 0.05) is 18.5 Å². The van der Waals surface area contributed by atoms with E-state index in [-0.39, 0.29) is 12.5 Å². The number of rotatable bonds is 6. The molecule has 0 spiro atoms. The Hall–Kier alpha value is -0.830. The fourth-order valence-corrected chi connectivity index (χ4v) is 0.976. The van der Waals surface area contributed by atoms with Crippen LogP contribution < -0.4 is 5.32 Å². The van der Waals surface area contributed by atoms with Crippen LogP contribution in [0.4, 0.5) is 0 Å². The molecule has 0 aromatic rings. The van der Waals surface area contributed by atoms with Crippen LogP contribution in [0.25, 0.3) is 0 Å². The molecule has 0 fully saturated rings. The van der Waals surface area contributed by atoms with E-state index in [4.69, 9.17) is 5.11 Å². The van der Waals surface area contributed by atoms with Crippen molar-refractivity contribution in [3.63, 3.8) is 0 Å². The van der Waals surface area contributed by atoms with Gasteiger partial charge in [0.05, 0.1) is 0 Å². The summed E-state index contributed by atoms with van der Waals surface area (Å²) >= 11 is 0. The second kappa shape index (κ2) is 5.77. The first-order valence-corrected chi connectivity index (χ1v) is 4.16. The van der Waals surface area contributed by atoms with Crippen LogP contribution in [-0.2, 0) is 4.79 Å². The lowest BCUT2D eigenvalue weighted by molar-refractivity contribution is -0.137. The van der Waals surface area contributed by atoms with Crippen molar-refractivity contribution in [3.8, 4) is 0 Å². The highest BCUT2D eigenvalue weighted by Crippen LogP contribution is 1.99. The molecule has 3 nitrogen and oxygen atoms in total. The Morgan fingerprint density at radius 1 is 1.67 bits per heavy atom. The van der Waals surface area contributed by atoms with E-state index in [1.165, 1.54) is 0 Å². The number of hydrogen-bond acceptors (Lipinski definition) is 2. The molecule has 3 heteroatoms. The number of carboxylic acid groups (broad SMARTS) is 1. The number of hydrogen-bond donors (Lipinski definition) is 2. The van der Waals surface area contributed by atoms with Gasteiger partial charge in [-0.05, 0) is 6.42 Å². The minimum atomic E-state index is -0.757. The average Bonchev–Trinajstić information content (AvgIpc) is 1.97. The SMILES string of the molecule is C=C[C@H](CCC(=O)O)NC(C)C. The predicted molar refractivity (Wildman–Crippen MR) is 49.1 cm³/mol. The Morgan fingerprint density at radius 3 is 2.58 bits per heavy atom. The van der Waals surface area contributed by atoms with Gasteiger partial charge in [0.1, 0.15) is 0 Å². The molecule has 0 aliphatic heterocycles. The van der Waals surface area contributed by atoms with Crippen LogP contribution in [0.5, 0.6) is 0 Å². The van der Waals surface area contributed by atoms with Crippen molar-refractivity contribution in [2.45, 2.75) is 38.8 Å². The van der Waals surface area contributed by atoms with Gasteiger partial charge in [-0.2, -0.15) is 0 Å². The van der Waals surface area contributed by atoms with Crippen LogP contribution >= 0.6 is 0 Å². The molecule has 1 atom stereocenters. The van der Waals surface area contributed by atoms with E-state index >= 15 is 0 Å². The molecule has 0 aliphatic carbocycles. The first-order valence-electron chi connectivity index (χ1n) is 4.16. The minimum Gasteiger partial charge on any atom is -0.481 e. The zero-order valence-corrected chi connectivity index (χ0v) is 7.71. The van der Waals surface area contributed by atoms with E-state index in [2.05, 4.69) is 11.9 Å². The Kier molecular flexibility index (Phi) is 5.37. The molecule has 0 aromatic carbocycles. The van der Waals surface area contributed by atoms with Crippen LogP contribution in [0.1, 0.15) is 26.7 Å². The van der Waals surface area contributed by atoms with Gasteiger partial charge in [0.15, 0.2) is 0 Å². The van der Waals surface area contributed by atoms with E-state index in [1.807, 2.05) is 13.8 Å². The Labute approximate surface area is 73.5 Å². The van der Waals surface area contributed by atoms with Crippen molar-refractivity contribution in [3.05, 3.63) is 12.7 Å². The standard InChI is InChI=1S/C9H17NO2/c1-4-8(10-7(2)3)5-6-9(11)12/h4,7-8,10H,1,5-6H2,2-3H3,(H,11,12)/t8-/m1/s1. The lowest BCUT2D eigenvalue weighted by Gasteiger charge is -2.16. The minimum absolute atomic E-state index is 0.112. The maximum Gasteiger partial charge on any atom is 0.303 e. The van der Waals surface area contributed by atoms with Gasteiger partial charge in [-0.1, -0.05) is 19.9 Å². The summed E-state index contributed by atoms with van der Waals surface area (Å²) in [6, 6.07) is 0.475. The molecule has 12 heavy (non-hydrogen) atoms. The average molecular weight is 171 g/mol. The topological polar surface area (TPSA) is 49.3 Å². The summed E-state index contributed by atoms with van der Waals surface area (Å²) in [4.78, 5) is 10.2. The van der Waals surface area contributed by atoms with E-state index < -0.39 is 5.97 Å². The maximum absolute atomic E-state index is 10.2. The van der Waals surface area contributed by atoms with E-state index in [9.17, 15) is 4.79 Å². The highest BCUT2D eigenvalue weighted by atomic mass is 16.4. The van der Waals surface area contributed by atoms with Crippen LogP contribution in [0, 0.1) is 0 Å². The molecule has 2 N–H and O–H groups in total. The van der Waals surface area contributed by atoms with Crippen molar-refractivity contribution in [1.29, 1.82) is 0 Å². The van der Waals surface area contributed by atoms with Crippen LogP contribution in [0.3, 0.4) is 0 Å². The van der Waals surface area contributed by atoms with Gasteiger partial charge >= 0.3 is 5.97 Å². The highest BCUT2D eigenvalue weighted by molar-refractivity contribution is 5.66. The third-order valence-corrected chi connectivity index (χ3v) is 1.50. The molecule has 0 saturated carbocycles. The molecule has 0 amide bonds. The molecule has 0 aliphatic rings. The molecule has 70 valence electrons. The maximum atomic E-state index is 10.2. The summed E-state index contributed by atoms with van der Waals surface area (Å²) < 4.78 is 0. The first kappa shape index (κ1) is 11.2. The Morgan fingerprint density at radius 2 is 2.25 bits per heavy atom. The molecular formula is C9H17NO2. The van der Waals surface area contributed by atoms with Crippen molar-refractivity contribution < 1.29 is 9.90 Å². The normalized spacial score (nSPS) is 12.9. The van der Waals surface area contributed by atoms with Crippen molar-refractivity contribution in [2.24, 2.45) is 0 Å². The lowest BCUT2D eigenvalue weighted by atomic mass is 10.1. The zero-order chi connectivity index (χ0) is 9.56. The molecule has 0 rings (SSSR count). The summed E-state index contributed by atoms with van der Waals surface area (Å²) in [7, 11) is 0. The monoisotopic (exact) mass is 171 g/mol. The molecule has 0 heterocycles. The largest absolute Gasteiger partial charge is 0.481 e. The van der Waals surface area contributed by atoms with Crippen molar-refractivity contribution in [1.82, 2.24) is 5.32 Å². The zero-order valence-electron chi connectivity index (χ0n) is 7.71. The Balaban J connectivity index is 3.67. The summed E-state index contributed by atoms with van der Waals surface area (Å²) in [5, 5.41) is 11.6. The molecular weight excluding hydrogens is 154 g/mol.